The normalized spacial score (nSPS) is 10.6. The molecule has 1 aromatic carbocycles. The van der Waals surface area contributed by atoms with Crippen LogP contribution >= 0.6 is 15.9 Å². The molecule has 0 atom stereocenters. The van der Waals surface area contributed by atoms with Crippen LogP contribution in [0.1, 0.15) is 5.69 Å². The third kappa shape index (κ3) is 2.32. The first-order chi connectivity index (χ1) is 8.13. The van der Waals surface area contributed by atoms with Crippen LogP contribution in [0.4, 0.5) is 8.78 Å². The van der Waals surface area contributed by atoms with Crippen molar-refractivity contribution >= 4 is 15.9 Å². The number of hydrogen-bond acceptors (Lipinski definition) is 3. The molecule has 1 heterocycles. The highest BCUT2D eigenvalue weighted by Gasteiger charge is 2.14. The van der Waals surface area contributed by atoms with Crippen molar-refractivity contribution in [3.63, 3.8) is 0 Å². The van der Waals surface area contributed by atoms with Crippen molar-refractivity contribution in [2.75, 3.05) is 0 Å². The molecule has 0 saturated carbocycles. The number of nitrogens with zero attached hydrogens (tertiary/aromatic N) is 2. The van der Waals surface area contributed by atoms with Gasteiger partial charge in [0.05, 0.1) is 10.2 Å². The summed E-state index contributed by atoms with van der Waals surface area (Å²) in [6.45, 7) is 0.261. The predicted octanol–water partition coefficient (Wildman–Crippen LogP) is 2.64. The zero-order chi connectivity index (χ0) is 12.4. The molecular formula is C11H8BrF2N3. The van der Waals surface area contributed by atoms with Gasteiger partial charge in [0.2, 0.25) is 0 Å². The number of halogens is 3. The van der Waals surface area contributed by atoms with Gasteiger partial charge >= 0.3 is 0 Å². The van der Waals surface area contributed by atoms with Crippen molar-refractivity contribution in [1.29, 1.82) is 0 Å². The molecule has 2 rings (SSSR count). The number of benzene rings is 1. The van der Waals surface area contributed by atoms with Crippen molar-refractivity contribution in [3.8, 4) is 11.4 Å². The Hall–Kier alpha value is -1.40. The zero-order valence-electron chi connectivity index (χ0n) is 8.62. The first-order valence-electron chi connectivity index (χ1n) is 4.79. The summed E-state index contributed by atoms with van der Waals surface area (Å²) in [6.07, 6.45) is 1.53. The van der Waals surface area contributed by atoms with E-state index in [2.05, 4.69) is 25.9 Å². The van der Waals surface area contributed by atoms with E-state index in [0.717, 1.165) is 6.07 Å². The maximum Gasteiger partial charge on any atom is 0.173 e. The SMILES string of the molecule is NCc1ccnc(-c2ccc(F)c(F)c2Br)n1. The Labute approximate surface area is 105 Å². The van der Waals surface area contributed by atoms with Crippen LogP contribution in [0.15, 0.2) is 28.9 Å². The predicted molar refractivity (Wildman–Crippen MR) is 63.0 cm³/mol. The van der Waals surface area contributed by atoms with Gasteiger partial charge in [0.25, 0.3) is 0 Å². The third-order valence-corrected chi connectivity index (χ3v) is 2.97. The Morgan fingerprint density at radius 2 is 2.00 bits per heavy atom. The first-order valence-corrected chi connectivity index (χ1v) is 5.58. The van der Waals surface area contributed by atoms with E-state index in [0.29, 0.717) is 17.1 Å². The Balaban J connectivity index is 2.56. The van der Waals surface area contributed by atoms with Gasteiger partial charge in [0.1, 0.15) is 0 Å². The number of rotatable bonds is 2. The van der Waals surface area contributed by atoms with E-state index >= 15 is 0 Å². The van der Waals surface area contributed by atoms with Crippen molar-refractivity contribution in [2.24, 2.45) is 5.73 Å². The van der Waals surface area contributed by atoms with Gasteiger partial charge in [0.15, 0.2) is 17.5 Å². The van der Waals surface area contributed by atoms with Crippen molar-refractivity contribution in [1.82, 2.24) is 9.97 Å². The van der Waals surface area contributed by atoms with Gasteiger partial charge in [-0.25, -0.2) is 18.7 Å². The Kier molecular flexibility index (Phi) is 3.44. The highest BCUT2D eigenvalue weighted by Crippen LogP contribution is 2.29. The minimum Gasteiger partial charge on any atom is -0.325 e. The molecule has 0 saturated heterocycles. The molecule has 0 aliphatic carbocycles. The van der Waals surface area contributed by atoms with Crippen molar-refractivity contribution < 1.29 is 8.78 Å². The van der Waals surface area contributed by atoms with Crippen LogP contribution < -0.4 is 5.73 Å². The summed E-state index contributed by atoms with van der Waals surface area (Å²) in [5, 5.41) is 0. The molecule has 0 aliphatic rings. The fourth-order valence-corrected chi connectivity index (χ4v) is 1.84. The van der Waals surface area contributed by atoms with Gasteiger partial charge in [-0.1, -0.05) is 0 Å². The summed E-state index contributed by atoms with van der Waals surface area (Å²) in [7, 11) is 0. The fourth-order valence-electron chi connectivity index (χ4n) is 1.34. The van der Waals surface area contributed by atoms with E-state index in [9.17, 15) is 8.78 Å². The number of aromatic nitrogens is 2. The highest BCUT2D eigenvalue weighted by atomic mass is 79.9. The molecular weight excluding hydrogens is 292 g/mol. The molecule has 0 fully saturated rings. The van der Waals surface area contributed by atoms with Crippen LogP contribution in [0.2, 0.25) is 0 Å². The topological polar surface area (TPSA) is 51.8 Å². The van der Waals surface area contributed by atoms with Crippen LogP contribution in [-0.2, 0) is 6.54 Å². The van der Waals surface area contributed by atoms with Gasteiger partial charge in [-0.3, -0.25) is 0 Å². The highest BCUT2D eigenvalue weighted by molar-refractivity contribution is 9.10. The molecule has 88 valence electrons. The van der Waals surface area contributed by atoms with Gasteiger partial charge in [0, 0.05) is 18.3 Å². The summed E-state index contributed by atoms with van der Waals surface area (Å²) in [5.41, 5.74) is 6.47. The lowest BCUT2D eigenvalue weighted by Gasteiger charge is -2.05. The quantitative estimate of drug-likeness (QED) is 0.867. The van der Waals surface area contributed by atoms with E-state index < -0.39 is 11.6 Å². The Morgan fingerprint density at radius 1 is 1.24 bits per heavy atom. The molecule has 0 unspecified atom stereocenters. The molecule has 0 radical (unpaired) electrons. The van der Waals surface area contributed by atoms with E-state index in [1.807, 2.05) is 0 Å². The fraction of sp³-hybridized carbons (Fsp3) is 0.0909. The van der Waals surface area contributed by atoms with Crippen molar-refractivity contribution in [2.45, 2.75) is 6.54 Å². The average molecular weight is 300 g/mol. The Bertz CT molecular complexity index is 560. The first kappa shape index (κ1) is 12.1. The Morgan fingerprint density at radius 3 is 2.71 bits per heavy atom. The minimum absolute atomic E-state index is 0.00618. The summed E-state index contributed by atoms with van der Waals surface area (Å²) < 4.78 is 26.3. The van der Waals surface area contributed by atoms with Gasteiger partial charge < -0.3 is 5.73 Å². The second-order valence-electron chi connectivity index (χ2n) is 3.30. The molecule has 17 heavy (non-hydrogen) atoms. The molecule has 0 amide bonds. The summed E-state index contributed by atoms with van der Waals surface area (Å²) >= 11 is 2.99. The van der Waals surface area contributed by atoms with Gasteiger partial charge in [-0.2, -0.15) is 0 Å². The van der Waals surface area contributed by atoms with Gasteiger partial charge in [-0.05, 0) is 34.1 Å². The summed E-state index contributed by atoms with van der Waals surface area (Å²) in [6, 6.07) is 4.11. The van der Waals surface area contributed by atoms with E-state index in [4.69, 9.17) is 5.73 Å². The molecule has 6 heteroatoms. The second kappa shape index (κ2) is 4.85. The van der Waals surface area contributed by atoms with Crippen LogP contribution in [0.25, 0.3) is 11.4 Å². The van der Waals surface area contributed by atoms with Crippen molar-refractivity contribution in [3.05, 3.63) is 46.2 Å². The van der Waals surface area contributed by atoms with Gasteiger partial charge in [-0.15, -0.1) is 0 Å². The third-order valence-electron chi connectivity index (χ3n) is 2.20. The van der Waals surface area contributed by atoms with Crippen LogP contribution in [-0.4, -0.2) is 9.97 Å². The van der Waals surface area contributed by atoms with E-state index in [1.54, 1.807) is 6.07 Å². The minimum atomic E-state index is -0.954. The molecule has 0 bridgehead atoms. The maximum absolute atomic E-state index is 13.4. The van der Waals surface area contributed by atoms with Crippen LogP contribution in [0, 0.1) is 11.6 Å². The lowest BCUT2D eigenvalue weighted by atomic mass is 10.2. The van der Waals surface area contributed by atoms with E-state index in [1.165, 1.54) is 12.3 Å². The zero-order valence-corrected chi connectivity index (χ0v) is 10.2. The molecule has 2 N–H and O–H groups in total. The summed E-state index contributed by atoms with van der Waals surface area (Å²) in [4.78, 5) is 8.14. The monoisotopic (exact) mass is 299 g/mol. The van der Waals surface area contributed by atoms with Crippen LogP contribution in [0.3, 0.4) is 0 Å². The standard InChI is InChI=1S/C11H8BrF2N3/c12-9-7(1-2-8(13)10(9)14)11-16-4-3-6(5-15)17-11/h1-4H,5,15H2. The van der Waals surface area contributed by atoms with Crippen LogP contribution in [0.5, 0.6) is 0 Å². The number of nitrogens with two attached hydrogens (primary N) is 1. The lowest BCUT2D eigenvalue weighted by Crippen LogP contribution is -2.02. The smallest absolute Gasteiger partial charge is 0.173 e. The molecule has 1 aromatic heterocycles. The maximum atomic E-state index is 13.4. The average Bonchev–Trinajstić information content (AvgIpc) is 2.36. The molecule has 3 nitrogen and oxygen atoms in total. The lowest BCUT2D eigenvalue weighted by molar-refractivity contribution is 0.504. The largest absolute Gasteiger partial charge is 0.325 e. The summed E-state index contributed by atoms with van der Waals surface area (Å²) in [5.74, 6) is -1.57. The molecule has 0 spiro atoms. The molecule has 0 aliphatic heterocycles. The number of hydrogen-bond donors (Lipinski definition) is 1. The second-order valence-corrected chi connectivity index (χ2v) is 4.09. The molecule has 2 aromatic rings. The van der Waals surface area contributed by atoms with E-state index in [-0.39, 0.29) is 11.0 Å².